The number of hydrogen-bond acceptors (Lipinski definition) is 4. The van der Waals surface area contributed by atoms with Gasteiger partial charge in [0.25, 0.3) is 5.24 Å². The quantitative estimate of drug-likeness (QED) is 0.866. The molecule has 2 amide bonds. The van der Waals surface area contributed by atoms with E-state index in [4.69, 9.17) is 4.74 Å². The van der Waals surface area contributed by atoms with Crippen LogP contribution in [-0.2, 0) is 16.6 Å². The lowest BCUT2D eigenvalue weighted by molar-refractivity contribution is -0.118. The van der Waals surface area contributed by atoms with Gasteiger partial charge in [-0.2, -0.15) is 0 Å². The smallest absolute Gasteiger partial charge is 0.286 e. The standard InChI is InChI=1S/C20H21NO3S/c1-20(2,3)14-8-10-15(11-9-14)24-16-7-5-4-6-13(16)12-17-18(22)21-19(23)25-17/h4-11,17H,12H2,1-3H3,(H,21,22,23). The molecule has 0 saturated carbocycles. The Kier molecular flexibility index (Phi) is 4.86. The van der Waals surface area contributed by atoms with Crippen molar-refractivity contribution in [1.82, 2.24) is 5.32 Å². The third-order valence-electron chi connectivity index (χ3n) is 4.09. The average molecular weight is 355 g/mol. The van der Waals surface area contributed by atoms with Crippen molar-refractivity contribution in [2.75, 3.05) is 0 Å². The number of benzene rings is 2. The highest BCUT2D eigenvalue weighted by Gasteiger charge is 2.32. The van der Waals surface area contributed by atoms with Crippen molar-refractivity contribution < 1.29 is 14.3 Å². The van der Waals surface area contributed by atoms with Crippen LogP contribution in [0.15, 0.2) is 48.5 Å². The highest BCUT2D eigenvalue weighted by molar-refractivity contribution is 8.15. The lowest BCUT2D eigenvalue weighted by Crippen LogP contribution is -2.25. The minimum Gasteiger partial charge on any atom is -0.457 e. The number of rotatable bonds is 4. The Morgan fingerprint density at radius 2 is 1.72 bits per heavy atom. The lowest BCUT2D eigenvalue weighted by Gasteiger charge is -2.19. The molecule has 5 heteroatoms. The molecule has 1 saturated heterocycles. The molecular formula is C20H21NO3S. The summed E-state index contributed by atoms with van der Waals surface area (Å²) in [6, 6.07) is 15.7. The highest BCUT2D eigenvalue weighted by atomic mass is 32.2. The number of nitrogens with one attached hydrogen (secondary N) is 1. The predicted octanol–water partition coefficient (Wildman–Crippen LogP) is 4.67. The summed E-state index contributed by atoms with van der Waals surface area (Å²) >= 11 is 1.03. The van der Waals surface area contributed by atoms with E-state index in [1.165, 1.54) is 5.56 Å². The zero-order valence-corrected chi connectivity index (χ0v) is 15.4. The molecule has 25 heavy (non-hydrogen) atoms. The van der Waals surface area contributed by atoms with E-state index >= 15 is 0 Å². The Morgan fingerprint density at radius 1 is 1.04 bits per heavy atom. The third-order valence-corrected chi connectivity index (χ3v) is 5.07. The van der Waals surface area contributed by atoms with Crippen LogP contribution in [0.5, 0.6) is 11.5 Å². The van der Waals surface area contributed by atoms with E-state index in [1.807, 2.05) is 36.4 Å². The second kappa shape index (κ2) is 6.92. The minimum absolute atomic E-state index is 0.0933. The maximum atomic E-state index is 11.8. The number of thioether (sulfide) groups is 1. The van der Waals surface area contributed by atoms with Gasteiger partial charge in [-0.25, -0.2) is 0 Å². The lowest BCUT2D eigenvalue weighted by atomic mass is 9.87. The molecule has 1 fully saturated rings. The van der Waals surface area contributed by atoms with Gasteiger partial charge in [-0.15, -0.1) is 0 Å². The van der Waals surface area contributed by atoms with Gasteiger partial charge in [0.2, 0.25) is 5.91 Å². The SMILES string of the molecule is CC(C)(C)c1ccc(Oc2ccccc2CC2SC(=O)NC2=O)cc1. The molecule has 1 aliphatic heterocycles. The van der Waals surface area contributed by atoms with Crippen LogP contribution in [0.2, 0.25) is 0 Å². The summed E-state index contributed by atoms with van der Waals surface area (Å²) in [7, 11) is 0. The van der Waals surface area contributed by atoms with Crippen LogP contribution < -0.4 is 10.1 Å². The molecule has 1 atom stereocenters. The van der Waals surface area contributed by atoms with E-state index in [0.717, 1.165) is 23.1 Å². The fourth-order valence-corrected chi connectivity index (χ4v) is 3.50. The van der Waals surface area contributed by atoms with Crippen LogP contribution in [0.3, 0.4) is 0 Å². The van der Waals surface area contributed by atoms with Gasteiger partial charge in [-0.1, -0.05) is 62.9 Å². The first-order valence-corrected chi connectivity index (χ1v) is 9.09. The van der Waals surface area contributed by atoms with Crippen molar-refractivity contribution in [1.29, 1.82) is 0 Å². The summed E-state index contributed by atoms with van der Waals surface area (Å²) in [5.41, 5.74) is 2.24. The van der Waals surface area contributed by atoms with Crippen LogP contribution in [-0.4, -0.2) is 16.4 Å². The van der Waals surface area contributed by atoms with Gasteiger partial charge < -0.3 is 4.74 Å². The van der Waals surface area contributed by atoms with Gasteiger partial charge in [0.05, 0.1) is 5.25 Å². The summed E-state index contributed by atoms with van der Waals surface area (Å²) in [6.45, 7) is 6.51. The highest BCUT2D eigenvalue weighted by Crippen LogP contribution is 2.31. The molecule has 0 aliphatic carbocycles. The first kappa shape index (κ1) is 17.5. The van der Waals surface area contributed by atoms with Crippen molar-refractivity contribution in [2.24, 2.45) is 0 Å². The van der Waals surface area contributed by atoms with Gasteiger partial charge in [-0.05, 0) is 41.2 Å². The second-order valence-corrected chi connectivity index (χ2v) is 8.25. The fraction of sp³-hybridized carbons (Fsp3) is 0.300. The largest absolute Gasteiger partial charge is 0.457 e. The number of para-hydroxylation sites is 1. The van der Waals surface area contributed by atoms with Crippen LogP contribution in [0, 0.1) is 0 Å². The van der Waals surface area contributed by atoms with Gasteiger partial charge in [-0.3, -0.25) is 14.9 Å². The van der Waals surface area contributed by atoms with Crippen molar-refractivity contribution in [3.63, 3.8) is 0 Å². The van der Waals surface area contributed by atoms with E-state index in [0.29, 0.717) is 12.2 Å². The van der Waals surface area contributed by atoms with Crippen molar-refractivity contribution in [2.45, 2.75) is 37.9 Å². The van der Waals surface area contributed by atoms with Crippen molar-refractivity contribution in [3.05, 3.63) is 59.7 Å². The number of ether oxygens (including phenoxy) is 1. The molecule has 2 aromatic carbocycles. The summed E-state index contributed by atoms with van der Waals surface area (Å²) < 4.78 is 6.02. The van der Waals surface area contributed by atoms with Crippen LogP contribution in [0.1, 0.15) is 31.9 Å². The first-order valence-electron chi connectivity index (χ1n) is 8.21. The molecule has 1 aliphatic rings. The molecule has 2 aromatic rings. The zero-order valence-electron chi connectivity index (χ0n) is 14.5. The molecule has 0 spiro atoms. The normalized spacial score (nSPS) is 17.5. The van der Waals surface area contributed by atoms with Crippen LogP contribution >= 0.6 is 11.8 Å². The third kappa shape index (κ3) is 4.23. The summed E-state index contributed by atoms with van der Waals surface area (Å²) in [4.78, 5) is 23.1. The van der Waals surface area contributed by atoms with E-state index in [9.17, 15) is 9.59 Å². The van der Waals surface area contributed by atoms with Crippen LogP contribution in [0.25, 0.3) is 0 Å². The molecule has 1 heterocycles. The Bertz CT molecular complexity index is 793. The topological polar surface area (TPSA) is 55.4 Å². The summed E-state index contributed by atoms with van der Waals surface area (Å²) in [6.07, 6.45) is 0.457. The number of hydrogen-bond donors (Lipinski definition) is 1. The van der Waals surface area contributed by atoms with Crippen LogP contribution in [0.4, 0.5) is 4.79 Å². The van der Waals surface area contributed by atoms with Gasteiger partial charge in [0.15, 0.2) is 0 Å². The molecule has 1 N–H and O–H groups in total. The molecular weight excluding hydrogens is 334 g/mol. The van der Waals surface area contributed by atoms with Gasteiger partial charge in [0.1, 0.15) is 11.5 Å². The average Bonchev–Trinajstić information content (AvgIpc) is 2.86. The molecule has 1 unspecified atom stereocenters. The van der Waals surface area contributed by atoms with E-state index < -0.39 is 5.25 Å². The Hall–Kier alpha value is -2.27. The maximum Gasteiger partial charge on any atom is 0.286 e. The molecule has 3 rings (SSSR count). The first-order chi connectivity index (χ1) is 11.8. The number of carbonyl (C=O) groups excluding carboxylic acids is 2. The monoisotopic (exact) mass is 355 g/mol. The number of amides is 2. The van der Waals surface area contributed by atoms with Gasteiger partial charge in [0, 0.05) is 0 Å². The van der Waals surface area contributed by atoms with E-state index in [2.05, 4.69) is 38.2 Å². The van der Waals surface area contributed by atoms with E-state index in [1.54, 1.807) is 0 Å². The molecule has 0 radical (unpaired) electrons. The fourth-order valence-electron chi connectivity index (χ4n) is 2.65. The van der Waals surface area contributed by atoms with E-state index in [-0.39, 0.29) is 16.6 Å². The van der Waals surface area contributed by atoms with Crippen molar-refractivity contribution in [3.8, 4) is 11.5 Å². The number of carbonyl (C=O) groups is 2. The molecule has 130 valence electrons. The Labute approximate surface area is 152 Å². The maximum absolute atomic E-state index is 11.8. The summed E-state index contributed by atoms with van der Waals surface area (Å²) in [5.74, 6) is 1.22. The Morgan fingerprint density at radius 3 is 2.32 bits per heavy atom. The zero-order chi connectivity index (χ0) is 18.0. The van der Waals surface area contributed by atoms with Crippen molar-refractivity contribution >= 4 is 22.9 Å². The molecule has 0 aromatic heterocycles. The molecule has 4 nitrogen and oxygen atoms in total. The summed E-state index contributed by atoms with van der Waals surface area (Å²) in [5, 5.41) is 1.63. The van der Waals surface area contributed by atoms with Gasteiger partial charge >= 0.3 is 0 Å². The molecule has 0 bridgehead atoms. The second-order valence-electron chi connectivity index (χ2n) is 7.07. The Balaban J connectivity index is 1.77. The predicted molar refractivity (Wildman–Crippen MR) is 100 cm³/mol. The minimum atomic E-state index is -0.402. The number of imide groups is 1.